The van der Waals surface area contributed by atoms with E-state index in [-0.39, 0.29) is 0 Å². The lowest BCUT2D eigenvalue weighted by Crippen LogP contribution is -2.28. The Hall–Kier alpha value is -2.28. The molecule has 23 heavy (non-hydrogen) atoms. The number of aryl methyl sites for hydroxylation is 1. The number of rotatable bonds is 6. The van der Waals surface area contributed by atoms with Crippen LogP contribution in [-0.4, -0.2) is 29.1 Å². The van der Waals surface area contributed by atoms with Gasteiger partial charge in [-0.2, -0.15) is 5.10 Å². The Morgan fingerprint density at radius 3 is 2.61 bits per heavy atom. The van der Waals surface area contributed by atoms with Gasteiger partial charge in [-0.1, -0.05) is 0 Å². The summed E-state index contributed by atoms with van der Waals surface area (Å²) in [5, 5.41) is 11.2. The van der Waals surface area contributed by atoms with Gasteiger partial charge >= 0.3 is 0 Å². The first-order chi connectivity index (χ1) is 11.1. The van der Waals surface area contributed by atoms with Gasteiger partial charge in [0.1, 0.15) is 0 Å². The number of benzene rings is 1. The van der Waals surface area contributed by atoms with E-state index in [2.05, 4.69) is 29.6 Å². The summed E-state index contributed by atoms with van der Waals surface area (Å²) < 4.78 is 12.5. The minimum atomic E-state index is 0.542. The van der Waals surface area contributed by atoms with E-state index in [9.17, 15) is 0 Å². The lowest BCUT2D eigenvalue weighted by atomic mass is 10.2. The number of hydrogen-bond donors (Lipinski definition) is 2. The predicted molar refractivity (Wildman–Crippen MR) is 95.2 cm³/mol. The third-order valence-electron chi connectivity index (χ3n) is 3.59. The molecule has 0 aliphatic heterocycles. The van der Waals surface area contributed by atoms with Crippen LogP contribution in [0, 0.1) is 6.92 Å². The van der Waals surface area contributed by atoms with E-state index in [0.717, 1.165) is 23.5 Å². The Labute approximate surface area is 141 Å². The van der Waals surface area contributed by atoms with Gasteiger partial charge in [-0.25, -0.2) is 0 Å². The summed E-state index contributed by atoms with van der Waals surface area (Å²) in [6.07, 6.45) is 1.87. The number of nitrogens with one attached hydrogen (secondary N) is 2. The van der Waals surface area contributed by atoms with E-state index in [1.54, 1.807) is 14.2 Å². The number of methoxy groups -OCH3 is 2. The normalized spacial score (nSPS) is 10.3. The quantitative estimate of drug-likeness (QED) is 0.792. The minimum absolute atomic E-state index is 0.542. The van der Waals surface area contributed by atoms with Crippen molar-refractivity contribution in [3.8, 4) is 11.5 Å². The number of aromatic nitrogens is 2. The first kappa shape index (κ1) is 17.1. The van der Waals surface area contributed by atoms with E-state index in [1.165, 1.54) is 0 Å². The maximum atomic E-state index is 5.33. The van der Waals surface area contributed by atoms with Gasteiger partial charge in [0.25, 0.3) is 0 Å². The summed E-state index contributed by atoms with van der Waals surface area (Å²) in [4.78, 5) is 0. The summed E-state index contributed by atoms with van der Waals surface area (Å²) in [5.74, 6) is 1.33. The molecule has 1 aromatic heterocycles. The number of hydrogen-bond acceptors (Lipinski definition) is 4. The lowest BCUT2D eigenvalue weighted by Gasteiger charge is -2.13. The van der Waals surface area contributed by atoms with Crippen LogP contribution in [0.1, 0.15) is 18.2 Å². The summed E-state index contributed by atoms with van der Waals surface area (Å²) in [6.45, 7) is 5.61. The van der Waals surface area contributed by atoms with Gasteiger partial charge in [0.05, 0.1) is 20.4 Å². The zero-order valence-corrected chi connectivity index (χ0v) is 14.7. The van der Waals surface area contributed by atoms with Crippen LogP contribution in [0.5, 0.6) is 11.5 Å². The maximum absolute atomic E-state index is 5.33. The average molecular weight is 334 g/mol. The maximum Gasteiger partial charge on any atom is 0.171 e. The van der Waals surface area contributed by atoms with Crippen molar-refractivity contribution < 1.29 is 9.47 Å². The van der Waals surface area contributed by atoms with Crippen LogP contribution in [0.15, 0.2) is 24.4 Å². The van der Waals surface area contributed by atoms with Crippen LogP contribution in [0.4, 0.5) is 5.69 Å². The molecule has 2 N–H and O–H groups in total. The van der Waals surface area contributed by atoms with Gasteiger partial charge in [-0.3, -0.25) is 4.68 Å². The molecule has 1 aromatic carbocycles. The monoisotopic (exact) mass is 334 g/mol. The molecule has 0 saturated carbocycles. The molecule has 1 heterocycles. The van der Waals surface area contributed by atoms with Crippen molar-refractivity contribution >= 4 is 23.0 Å². The molecule has 2 rings (SSSR count). The molecule has 0 saturated heterocycles. The average Bonchev–Trinajstić information content (AvgIpc) is 2.92. The van der Waals surface area contributed by atoms with Crippen LogP contribution in [0.3, 0.4) is 0 Å². The third-order valence-corrected chi connectivity index (χ3v) is 3.83. The predicted octanol–water partition coefficient (Wildman–Crippen LogP) is 2.72. The van der Waals surface area contributed by atoms with Crippen molar-refractivity contribution in [3.63, 3.8) is 0 Å². The molecule has 0 spiro atoms. The number of nitrogens with zero attached hydrogens (tertiary/aromatic N) is 2. The lowest BCUT2D eigenvalue weighted by molar-refractivity contribution is 0.355. The van der Waals surface area contributed by atoms with Crippen LogP contribution < -0.4 is 20.1 Å². The fourth-order valence-corrected chi connectivity index (χ4v) is 2.43. The van der Waals surface area contributed by atoms with Crippen LogP contribution >= 0.6 is 12.2 Å². The molecule has 124 valence electrons. The zero-order valence-electron chi connectivity index (χ0n) is 13.8. The highest BCUT2D eigenvalue weighted by Crippen LogP contribution is 2.29. The van der Waals surface area contributed by atoms with Gasteiger partial charge in [-0.15, -0.1) is 0 Å². The van der Waals surface area contributed by atoms with Gasteiger partial charge < -0.3 is 20.1 Å². The van der Waals surface area contributed by atoms with Crippen molar-refractivity contribution in [1.82, 2.24) is 15.1 Å². The molecule has 0 radical (unpaired) electrons. The number of anilines is 1. The van der Waals surface area contributed by atoms with E-state index < -0.39 is 0 Å². The smallest absolute Gasteiger partial charge is 0.171 e. The van der Waals surface area contributed by atoms with Gasteiger partial charge in [0.15, 0.2) is 16.6 Å². The fourth-order valence-electron chi connectivity index (χ4n) is 2.24. The summed E-state index contributed by atoms with van der Waals surface area (Å²) in [5.41, 5.74) is 3.11. The summed E-state index contributed by atoms with van der Waals surface area (Å²) >= 11 is 5.33. The Bertz CT molecular complexity index is 685. The van der Waals surface area contributed by atoms with Gasteiger partial charge in [-0.05, 0) is 38.2 Å². The molecule has 7 heteroatoms. The molecule has 0 bridgehead atoms. The molecule has 0 aliphatic rings. The highest BCUT2D eigenvalue weighted by molar-refractivity contribution is 7.80. The second-order valence-electron chi connectivity index (χ2n) is 4.95. The molecule has 0 amide bonds. The Morgan fingerprint density at radius 2 is 2.00 bits per heavy atom. The Kier molecular flexibility index (Phi) is 5.81. The molecule has 6 nitrogen and oxygen atoms in total. The first-order valence-electron chi connectivity index (χ1n) is 7.37. The third kappa shape index (κ3) is 4.13. The Balaban J connectivity index is 1.95. The second kappa shape index (κ2) is 7.82. The second-order valence-corrected chi connectivity index (χ2v) is 5.36. The van der Waals surface area contributed by atoms with Crippen LogP contribution in [0.2, 0.25) is 0 Å². The zero-order chi connectivity index (χ0) is 16.8. The van der Waals surface area contributed by atoms with Crippen molar-refractivity contribution in [1.29, 1.82) is 0 Å². The first-order valence-corrected chi connectivity index (χ1v) is 7.78. The standard InChI is InChI=1S/C16H22N4O2S/c1-5-20-11(2)12(10-18-20)9-17-16(23)19-13-6-7-14(21-3)15(8-13)22-4/h6-8,10H,5,9H2,1-4H3,(H2,17,19,23). The number of thiocarbonyl (C=S) groups is 1. The SMILES string of the molecule is CCn1ncc(CNC(=S)Nc2ccc(OC)c(OC)c2)c1C. The van der Waals surface area contributed by atoms with E-state index >= 15 is 0 Å². The van der Waals surface area contributed by atoms with Crippen LogP contribution in [0.25, 0.3) is 0 Å². The number of ether oxygens (including phenoxy) is 2. The van der Waals surface area contributed by atoms with Crippen molar-refractivity contribution in [2.24, 2.45) is 0 Å². The van der Waals surface area contributed by atoms with Crippen molar-refractivity contribution in [2.45, 2.75) is 26.9 Å². The Morgan fingerprint density at radius 1 is 1.26 bits per heavy atom. The fraction of sp³-hybridized carbons (Fsp3) is 0.375. The minimum Gasteiger partial charge on any atom is -0.493 e. The molecular weight excluding hydrogens is 312 g/mol. The molecule has 2 aromatic rings. The molecule has 0 aliphatic carbocycles. The molecular formula is C16H22N4O2S. The summed E-state index contributed by atoms with van der Waals surface area (Å²) in [7, 11) is 3.21. The van der Waals surface area contributed by atoms with Crippen molar-refractivity contribution in [3.05, 3.63) is 35.7 Å². The van der Waals surface area contributed by atoms with Gasteiger partial charge in [0, 0.05) is 36.1 Å². The molecule has 0 atom stereocenters. The van der Waals surface area contributed by atoms with E-state index in [0.29, 0.717) is 23.2 Å². The van der Waals surface area contributed by atoms with Crippen LogP contribution in [-0.2, 0) is 13.1 Å². The van der Waals surface area contributed by atoms with Gasteiger partial charge in [0.2, 0.25) is 0 Å². The van der Waals surface area contributed by atoms with E-state index in [4.69, 9.17) is 21.7 Å². The summed E-state index contributed by atoms with van der Waals surface area (Å²) in [6, 6.07) is 5.56. The molecule has 0 fully saturated rings. The highest BCUT2D eigenvalue weighted by atomic mass is 32.1. The highest BCUT2D eigenvalue weighted by Gasteiger charge is 2.07. The molecule has 0 unspecified atom stereocenters. The largest absolute Gasteiger partial charge is 0.493 e. The topological polar surface area (TPSA) is 60.3 Å². The van der Waals surface area contributed by atoms with Crippen molar-refractivity contribution in [2.75, 3.05) is 19.5 Å². The van der Waals surface area contributed by atoms with E-state index in [1.807, 2.05) is 29.1 Å².